The van der Waals surface area contributed by atoms with E-state index in [1.165, 1.54) is 22.2 Å². The molecule has 1 heterocycles. The molecular formula is C11H15IN2. The van der Waals surface area contributed by atoms with Crippen molar-refractivity contribution < 1.29 is 0 Å². The Hall–Kier alpha value is -0.290. The first-order chi connectivity index (χ1) is 6.86. The molecular weight excluding hydrogens is 287 g/mol. The lowest BCUT2D eigenvalue weighted by atomic mass is 10.3. The minimum Gasteiger partial charge on any atom is -0.370 e. The average Bonchev–Trinajstić information content (AvgIpc) is 2.45. The Kier molecular flexibility index (Phi) is 3.64. The summed E-state index contributed by atoms with van der Waals surface area (Å²) in [6.07, 6.45) is 1.24. The monoisotopic (exact) mass is 302 g/mol. The Balaban J connectivity index is 2.12. The molecule has 1 aromatic rings. The van der Waals surface area contributed by atoms with Crippen molar-refractivity contribution in [3.63, 3.8) is 0 Å². The molecule has 0 amide bonds. The third kappa shape index (κ3) is 2.60. The lowest BCUT2D eigenvalue weighted by molar-refractivity contribution is 0.724. The highest BCUT2D eigenvalue weighted by atomic mass is 127. The Morgan fingerprint density at radius 3 is 3.00 bits per heavy atom. The van der Waals surface area contributed by atoms with Crippen molar-refractivity contribution in [2.75, 3.05) is 31.1 Å². The van der Waals surface area contributed by atoms with Gasteiger partial charge in [-0.3, -0.25) is 0 Å². The van der Waals surface area contributed by atoms with Crippen LogP contribution in [0.3, 0.4) is 0 Å². The number of hydrogen-bond donors (Lipinski definition) is 1. The van der Waals surface area contributed by atoms with Gasteiger partial charge in [-0.2, -0.15) is 0 Å². The maximum Gasteiger partial charge on any atom is 0.0377 e. The molecule has 0 atom stereocenters. The molecule has 0 spiro atoms. The van der Waals surface area contributed by atoms with E-state index in [0.29, 0.717) is 0 Å². The van der Waals surface area contributed by atoms with Crippen molar-refractivity contribution in [3.8, 4) is 0 Å². The van der Waals surface area contributed by atoms with E-state index in [4.69, 9.17) is 0 Å². The van der Waals surface area contributed by atoms with E-state index in [2.05, 4.69) is 57.1 Å². The van der Waals surface area contributed by atoms with Crippen LogP contribution >= 0.6 is 22.6 Å². The summed E-state index contributed by atoms with van der Waals surface area (Å²) in [7, 11) is 0. The zero-order valence-corrected chi connectivity index (χ0v) is 10.3. The van der Waals surface area contributed by atoms with Gasteiger partial charge in [-0.05, 0) is 53.8 Å². The molecule has 0 aliphatic carbocycles. The second-order valence-corrected chi connectivity index (χ2v) is 4.82. The molecule has 0 radical (unpaired) electrons. The van der Waals surface area contributed by atoms with Gasteiger partial charge in [0.1, 0.15) is 0 Å². The van der Waals surface area contributed by atoms with Crippen LogP contribution in [0, 0.1) is 3.57 Å². The predicted molar refractivity (Wildman–Crippen MR) is 68.9 cm³/mol. The maximum atomic E-state index is 3.42. The fraction of sp³-hybridized carbons (Fsp3) is 0.455. The van der Waals surface area contributed by atoms with E-state index in [0.717, 1.165) is 19.6 Å². The quantitative estimate of drug-likeness (QED) is 0.799. The van der Waals surface area contributed by atoms with Crippen molar-refractivity contribution in [2.45, 2.75) is 6.42 Å². The van der Waals surface area contributed by atoms with Crippen LogP contribution in [-0.2, 0) is 0 Å². The molecule has 2 rings (SSSR count). The van der Waals surface area contributed by atoms with Crippen LogP contribution in [0.5, 0.6) is 0 Å². The van der Waals surface area contributed by atoms with Crippen LogP contribution in [0.15, 0.2) is 24.3 Å². The summed E-state index contributed by atoms with van der Waals surface area (Å²) < 4.78 is 1.32. The van der Waals surface area contributed by atoms with Gasteiger partial charge in [-0.25, -0.2) is 0 Å². The first-order valence-electron chi connectivity index (χ1n) is 5.07. The van der Waals surface area contributed by atoms with Crippen molar-refractivity contribution in [1.82, 2.24) is 5.32 Å². The molecule has 14 heavy (non-hydrogen) atoms. The molecule has 1 aliphatic rings. The van der Waals surface area contributed by atoms with Crippen LogP contribution in [0.2, 0.25) is 0 Å². The highest BCUT2D eigenvalue weighted by Gasteiger charge is 2.08. The number of nitrogens with zero attached hydrogens (tertiary/aromatic N) is 1. The molecule has 1 aromatic carbocycles. The predicted octanol–water partition coefficient (Wildman–Crippen LogP) is 2.09. The van der Waals surface area contributed by atoms with E-state index in [1.54, 1.807) is 0 Å². The van der Waals surface area contributed by atoms with Gasteiger partial charge in [0, 0.05) is 28.9 Å². The van der Waals surface area contributed by atoms with Crippen molar-refractivity contribution >= 4 is 28.3 Å². The van der Waals surface area contributed by atoms with Crippen molar-refractivity contribution in [1.29, 1.82) is 0 Å². The highest BCUT2D eigenvalue weighted by molar-refractivity contribution is 14.1. The Labute approximate surface area is 98.8 Å². The average molecular weight is 302 g/mol. The summed E-state index contributed by atoms with van der Waals surface area (Å²) in [5.41, 5.74) is 1.36. The van der Waals surface area contributed by atoms with Crippen LogP contribution < -0.4 is 10.2 Å². The number of anilines is 1. The maximum absolute atomic E-state index is 3.42. The van der Waals surface area contributed by atoms with Gasteiger partial charge < -0.3 is 10.2 Å². The van der Waals surface area contributed by atoms with Gasteiger partial charge in [0.05, 0.1) is 0 Å². The van der Waals surface area contributed by atoms with Gasteiger partial charge in [0.2, 0.25) is 0 Å². The molecule has 1 aliphatic heterocycles. The molecule has 0 saturated carbocycles. The van der Waals surface area contributed by atoms with Gasteiger partial charge in [0.25, 0.3) is 0 Å². The molecule has 0 bridgehead atoms. The van der Waals surface area contributed by atoms with Gasteiger partial charge in [-0.15, -0.1) is 0 Å². The number of halogens is 1. The van der Waals surface area contributed by atoms with E-state index in [-0.39, 0.29) is 0 Å². The lowest BCUT2D eigenvalue weighted by Gasteiger charge is -2.22. The normalized spacial score (nSPS) is 17.9. The van der Waals surface area contributed by atoms with Crippen molar-refractivity contribution in [2.24, 2.45) is 0 Å². The Morgan fingerprint density at radius 1 is 1.21 bits per heavy atom. The first-order valence-corrected chi connectivity index (χ1v) is 6.15. The third-order valence-corrected chi connectivity index (χ3v) is 3.18. The standard InChI is InChI=1S/C11H15IN2/c12-10-3-1-4-11(9-10)14-7-2-5-13-6-8-14/h1,3-4,9,13H,2,5-8H2. The number of nitrogens with one attached hydrogen (secondary N) is 1. The summed E-state index contributed by atoms with van der Waals surface area (Å²) in [6.45, 7) is 4.55. The summed E-state index contributed by atoms with van der Waals surface area (Å²) in [5, 5.41) is 3.42. The van der Waals surface area contributed by atoms with E-state index >= 15 is 0 Å². The molecule has 0 unspecified atom stereocenters. The zero-order chi connectivity index (χ0) is 9.80. The Bertz CT molecular complexity index is 293. The van der Waals surface area contributed by atoms with Crippen LogP contribution in [0.4, 0.5) is 5.69 Å². The van der Waals surface area contributed by atoms with Crippen LogP contribution in [-0.4, -0.2) is 26.2 Å². The van der Waals surface area contributed by atoms with Gasteiger partial charge in [0.15, 0.2) is 0 Å². The van der Waals surface area contributed by atoms with Gasteiger partial charge in [-0.1, -0.05) is 6.07 Å². The molecule has 1 fully saturated rings. The molecule has 1 saturated heterocycles. The lowest BCUT2D eigenvalue weighted by Crippen LogP contribution is -2.27. The highest BCUT2D eigenvalue weighted by Crippen LogP contribution is 2.17. The summed E-state index contributed by atoms with van der Waals surface area (Å²) >= 11 is 2.37. The minimum absolute atomic E-state index is 1.10. The minimum atomic E-state index is 1.10. The van der Waals surface area contributed by atoms with Crippen LogP contribution in [0.1, 0.15) is 6.42 Å². The first kappa shape index (κ1) is 10.2. The van der Waals surface area contributed by atoms with E-state index < -0.39 is 0 Å². The summed E-state index contributed by atoms with van der Waals surface area (Å²) in [4.78, 5) is 2.46. The molecule has 0 aromatic heterocycles. The third-order valence-electron chi connectivity index (χ3n) is 2.51. The van der Waals surface area contributed by atoms with E-state index in [9.17, 15) is 0 Å². The molecule has 1 N–H and O–H groups in total. The smallest absolute Gasteiger partial charge is 0.0377 e. The van der Waals surface area contributed by atoms with E-state index in [1.807, 2.05) is 0 Å². The fourth-order valence-corrected chi connectivity index (χ4v) is 2.30. The van der Waals surface area contributed by atoms with Gasteiger partial charge >= 0.3 is 0 Å². The summed E-state index contributed by atoms with van der Waals surface area (Å²) in [5.74, 6) is 0. The second kappa shape index (κ2) is 4.98. The largest absolute Gasteiger partial charge is 0.370 e. The molecule has 3 heteroatoms. The van der Waals surface area contributed by atoms with Crippen LogP contribution in [0.25, 0.3) is 0 Å². The SMILES string of the molecule is Ic1cccc(N2CCCNCC2)c1. The molecule has 2 nitrogen and oxygen atoms in total. The number of hydrogen-bond acceptors (Lipinski definition) is 2. The summed E-state index contributed by atoms with van der Waals surface area (Å²) in [6, 6.07) is 8.73. The number of benzene rings is 1. The fourth-order valence-electron chi connectivity index (χ4n) is 1.78. The topological polar surface area (TPSA) is 15.3 Å². The number of rotatable bonds is 1. The molecule has 76 valence electrons. The Morgan fingerprint density at radius 2 is 2.14 bits per heavy atom. The zero-order valence-electron chi connectivity index (χ0n) is 8.17. The second-order valence-electron chi connectivity index (χ2n) is 3.57. The van der Waals surface area contributed by atoms with Crippen molar-refractivity contribution in [3.05, 3.63) is 27.8 Å².